The van der Waals surface area contributed by atoms with Crippen LogP contribution in [0.5, 0.6) is 0 Å². The van der Waals surface area contributed by atoms with Crippen molar-refractivity contribution in [2.45, 2.75) is 190 Å². The topological polar surface area (TPSA) is 89.9 Å². The first-order valence-electron chi connectivity index (χ1n) is 24.8. The molecule has 0 saturated heterocycles. The van der Waals surface area contributed by atoms with Crippen LogP contribution in [-0.2, 0) is 23.9 Å². The van der Waals surface area contributed by atoms with Crippen LogP contribution < -0.4 is 0 Å². The van der Waals surface area contributed by atoms with E-state index in [9.17, 15) is 19.5 Å². The maximum atomic E-state index is 13.5. The summed E-state index contributed by atoms with van der Waals surface area (Å²) in [5, 5.41) is 11.4. The molecule has 19 atom stereocenters. The molecule has 0 aromatic rings. The third-order valence-corrected chi connectivity index (χ3v) is 21.3. The molecule has 1 N–H and O–H groups in total. The molecule has 8 rings (SSSR count). The maximum absolute atomic E-state index is 13.5. The van der Waals surface area contributed by atoms with E-state index in [0.717, 1.165) is 43.4 Å². The lowest BCUT2D eigenvalue weighted by molar-refractivity contribution is -0.168. The van der Waals surface area contributed by atoms with Crippen molar-refractivity contribution < 1.29 is 29.0 Å². The minimum absolute atomic E-state index is 0.0755. The van der Waals surface area contributed by atoms with Crippen molar-refractivity contribution >= 4 is 17.7 Å². The SMILES string of the molecule is COC(=O)CCC(C)C1CCC2C3C(=O)CC4C[C@H](C)CC[C@]4(C)C3CC[C@]12C.COC(=O)CCC(C)C1CCC2C3C(CC[C@]12C)[C@@]1(C)CC[C@@H](C)CC1C[C@H]3O. The van der Waals surface area contributed by atoms with Gasteiger partial charge in [-0.3, -0.25) is 14.4 Å². The summed E-state index contributed by atoms with van der Waals surface area (Å²) >= 11 is 0. The van der Waals surface area contributed by atoms with Crippen LogP contribution >= 0.6 is 0 Å². The number of ketones is 1. The highest BCUT2D eigenvalue weighted by Gasteiger charge is 2.64. The Morgan fingerprint density at radius 3 is 1.60 bits per heavy atom. The minimum atomic E-state index is -0.0999. The van der Waals surface area contributed by atoms with Gasteiger partial charge in [-0.05, 0) is 195 Å². The summed E-state index contributed by atoms with van der Waals surface area (Å²) in [4.78, 5) is 36.8. The molecule has 8 saturated carbocycles. The first kappa shape index (κ1) is 44.6. The van der Waals surface area contributed by atoms with Gasteiger partial charge in [0.05, 0.1) is 20.3 Å². The molecule has 0 aromatic carbocycles. The van der Waals surface area contributed by atoms with Crippen LogP contribution in [0.1, 0.15) is 184 Å². The number of hydrogen-bond acceptors (Lipinski definition) is 6. The molecule has 0 aromatic heterocycles. The highest BCUT2D eigenvalue weighted by molar-refractivity contribution is 5.83. The number of aliphatic hydroxyl groups is 1. The van der Waals surface area contributed by atoms with Gasteiger partial charge in [-0.25, -0.2) is 0 Å². The summed E-state index contributed by atoms with van der Waals surface area (Å²) in [7, 11) is 2.97. The largest absolute Gasteiger partial charge is 0.469 e. The second-order valence-electron chi connectivity index (χ2n) is 23.8. The van der Waals surface area contributed by atoms with Gasteiger partial charge in [0.15, 0.2) is 0 Å². The number of methoxy groups -OCH3 is 2. The van der Waals surface area contributed by atoms with E-state index < -0.39 is 0 Å². The summed E-state index contributed by atoms with van der Waals surface area (Å²) in [6, 6.07) is 0. The Kier molecular flexibility index (Phi) is 13.1. The Balaban J connectivity index is 0.000000177. The summed E-state index contributed by atoms with van der Waals surface area (Å²) in [6.07, 6.45) is 22.9. The second-order valence-corrected chi connectivity index (χ2v) is 23.8. The number of esters is 2. The summed E-state index contributed by atoms with van der Waals surface area (Å²) in [5.41, 5.74) is 1.45. The van der Waals surface area contributed by atoms with Crippen LogP contribution in [-0.4, -0.2) is 43.2 Å². The number of rotatable bonds is 8. The number of carbonyl (C=O) groups excluding carboxylic acids is 3. The quantitative estimate of drug-likeness (QED) is 0.246. The fourth-order valence-corrected chi connectivity index (χ4v) is 17.8. The molecule has 0 heterocycles. The van der Waals surface area contributed by atoms with Crippen molar-refractivity contribution in [3.05, 3.63) is 0 Å². The van der Waals surface area contributed by atoms with Gasteiger partial charge in [0, 0.05) is 25.2 Å². The fourth-order valence-electron chi connectivity index (χ4n) is 17.8. The molecule has 8 aliphatic carbocycles. The van der Waals surface area contributed by atoms with Crippen molar-refractivity contribution in [3.63, 3.8) is 0 Å². The van der Waals surface area contributed by atoms with Gasteiger partial charge in [0.2, 0.25) is 0 Å². The van der Waals surface area contributed by atoms with Crippen molar-refractivity contribution in [1.29, 1.82) is 0 Å². The van der Waals surface area contributed by atoms with Gasteiger partial charge < -0.3 is 14.6 Å². The Bertz CT molecular complexity index is 1490. The zero-order valence-electron chi connectivity index (χ0n) is 38.8. The molecule has 8 fully saturated rings. The van der Waals surface area contributed by atoms with Crippen molar-refractivity contribution in [3.8, 4) is 0 Å². The Labute approximate surface area is 354 Å². The number of ether oxygens (including phenoxy) is 2. The molecular weight excluding hydrogens is 721 g/mol. The normalized spacial score (nSPS) is 48.9. The average Bonchev–Trinajstić information content (AvgIpc) is 3.74. The van der Waals surface area contributed by atoms with Gasteiger partial charge in [0.25, 0.3) is 0 Å². The smallest absolute Gasteiger partial charge is 0.305 e. The number of hydrogen-bond donors (Lipinski definition) is 1. The van der Waals surface area contributed by atoms with Crippen LogP contribution in [0, 0.1) is 105 Å². The number of carbonyl (C=O) groups is 3. The van der Waals surface area contributed by atoms with E-state index in [1.54, 1.807) is 0 Å². The second kappa shape index (κ2) is 17.0. The van der Waals surface area contributed by atoms with Gasteiger partial charge >= 0.3 is 11.9 Å². The molecule has 0 spiro atoms. The molecule has 0 aliphatic heterocycles. The molecule has 6 heteroatoms. The van der Waals surface area contributed by atoms with Crippen LogP contribution in [0.25, 0.3) is 0 Å². The van der Waals surface area contributed by atoms with Gasteiger partial charge in [-0.2, -0.15) is 0 Å². The first-order valence-corrected chi connectivity index (χ1v) is 24.8. The predicted molar refractivity (Wildman–Crippen MR) is 231 cm³/mol. The van der Waals surface area contributed by atoms with Crippen molar-refractivity contribution in [1.82, 2.24) is 0 Å². The van der Waals surface area contributed by atoms with Gasteiger partial charge in [-0.15, -0.1) is 0 Å². The lowest BCUT2D eigenvalue weighted by Crippen LogP contribution is -2.58. The van der Waals surface area contributed by atoms with Crippen LogP contribution in [0.3, 0.4) is 0 Å². The molecule has 6 nitrogen and oxygen atoms in total. The molecule has 0 radical (unpaired) electrons. The molecule has 0 bridgehead atoms. The summed E-state index contributed by atoms with van der Waals surface area (Å²) in [5.74, 6) is 9.18. The zero-order valence-corrected chi connectivity index (χ0v) is 38.8. The van der Waals surface area contributed by atoms with E-state index in [1.165, 1.54) is 104 Å². The molecular formula is C52H86O6. The van der Waals surface area contributed by atoms with Crippen LogP contribution in [0.4, 0.5) is 0 Å². The number of fused-ring (bicyclic) bond motifs is 10. The van der Waals surface area contributed by atoms with Crippen LogP contribution in [0.15, 0.2) is 0 Å². The lowest BCUT2D eigenvalue weighted by atomic mass is 9.43. The Morgan fingerprint density at radius 1 is 0.621 bits per heavy atom. The monoisotopic (exact) mass is 807 g/mol. The Morgan fingerprint density at radius 2 is 1.05 bits per heavy atom. The van der Waals surface area contributed by atoms with E-state index in [2.05, 4.69) is 55.4 Å². The molecule has 58 heavy (non-hydrogen) atoms. The minimum Gasteiger partial charge on any atom is -0.469 e. The zero-order chi connectivity index (χ0) is 41.9. The van der Waals surface area contributed by atoms with Crippen molar-refractivity contribution in [2.24, 2.45) is 105 Å². The summed E-state index contributed by atoms with van der Waals surface area (Å²) in [6.45, 7) is 19.6. The van der Waals surface area contributed by atoms with E-state index in [4.69, 9.17) is 9.47 Å². The van der Waals surface area contributed by atoms with E-state index in [0.29, 0.717) is 100.0 Å². The highest BCUT2D eigenvalue weighted by Crippen LogP contribution is 2.70. The molecule has 330 valence electrons. The maximum Gasteiger partial charge on any atom is 0.305 e. The van der Waals surface area contributed by atoms with Gasteiger partial charge in [0.1, 0.15) is 5.78 Å². The fraction of sp³-hybridized carbons (Fsp3) is 0.942. The Hall–Kier alpha value is -1.43. The predicted octanol–water partition coefficient (Wildman–Crippen LogP) is 11.9. The number of Topliss-reactive ketones (excluding diaryl/α,β-unsaturated/α-hetero) is 1. The van der Waals surface area contributed by atoms with Gasteiger partial charge in [-0.1, -0.05) is 68.2 Å². The lowest BCUT2D eigenvalue weighted by Gasteiger charge is -2.62. The van der Waals surface area contributed by atoms with E-state index >= 15 is 0 Å². The molecule has 12 unspecified atom stereocenters. The summed E-state index contributed by atoms with van der Waals surface area (Å²) < 4.78 is 9.74. The van der Waals surface area contributed by atoms with Crippen LogP contribution in [0.2, 0.25) is 0 Å². The number of aliphatic hydroxyl groups excluding tert-OH is 1. The van der Waals surface area contributed by atoms with E-state index in [1.807, 2.05) is 0 Å². The standard InChI is InChI=1S/C26H44O3.C26H42O3/c2*1-16-10-12-25(3)18(14-16)15-22(27)24-20-8-7-19(17(2)6-9-23(28)29-5)26(20,4)13-11-21(24)25/h16-22,24,27H,6-15H2,1-5H3;16-21,24H,6-15H2,1-5H3/t16-,17?,18?,19?,20?,21?,22-,24?,25+,26-;16-,17?,18?,19?,20?,21?,24?,25+,26-/m11/s1. The molecule has 0 amide bonds. The highest BCUT2D eigenvalue weighted by atomic mass is 16.5. The van der Waals surface area contributed by atoms with Crippen molar-refractivity contribution in [2.75, 3.05) is 14.2 Å². The average molecular weight is 807 g/mol. The first-order chi connectivity index (χ1) is 27.4. The molecule has 8 aliphatic rings. The third kappa shape index (κ3) is 7.70. The van der Waals surface area contributed by atoms with E-state index in [-0.39, 0.29) is 23.5 Å². The third-order valence-electron chi connectivity index (χ3n) is 21.3.